The van der Waals surface area contributed by atoms with Gasteiger partial charge in [-0.05, 0) is 79.4 Å². The van der Waals surface area contributed by atoms with E-state index in [1.165, 1.54) is 17.5 Å². The van der Waals surface area contributed by atoms with Crippen molar-refractivity contribution in [1.82, 2.24) is 0 Å². The maximum Gasteiger partial charge on any atom is 0.335 e. The normalized spacial score (nSPS) is 16.5. The summed E-state index contributed by atoms with van der Waals surface area (Å²) in [5.74, 6) is -0.343. The second-order valence-electron chi connectivity index (χ2n) is 7.77. The van der Waals surface area contributed by atoms with Gasteiger partial charge in [-0.2, -0.15) is 10.5 Å². The molecular weight excluding hydrogens is 396 g/mol. The molecule has 1 heterocycles. The molecule has 1 aliphatic heterocycles. The van der Waals surface area contributed by atoms with Crippen molar-refractivity contribution in [2.45, 2.75) is 36.5 Å². The molecule has 1 saturated carbocycles. The van der Waals surface area contributed by atoms with Crippen LogP contribution in [0.5, 0.6) is 0 Å². The van der Waals surface area contributed by atoms with Gasteiger partial charge in [0.15, 0.2) is 0 Å². The average molecular weight is 419 g/mol. The first-order valence-corrected chi connectivity index (χ1v) is 10.9. The fraction of sp³-hybridized carbons (Fsp3) is 0.348. The van der Waals surface area contributed by atoms with Gasteiger partial charge in [0.25, 0.3) is 0 Å². The predicted octanol–water partition coefficient (Wildman–Crippen LogP) is 4.99. The third kappa shape index (κ3) is 4.37. The minimum Gasteiger partial charge on any atom is -0.478 e. The number of hydrogen-bond acceptors (Lipinski definition) is 6. The average Bonchev–Trinajstić information content (AvgIpc) is 3.62. The zero-order valence-corrected chi connectivity index (χ0v) is 17.3. The van der Waals surface area contributed by atoms with Gasteiger partial charge >= 0.3 is 5.97 Å². The van der Waals surface area contributed by atoms with E-state index in [0.717, 1.165) is 55.0 Å². The standard InChI is InChI=1S/C23H22N4O2S/c24-13-15-7-9-27(10-8-15)21-6-1-16(14-25)11-20(21)26-30-22-12-18(23(28)29)4-5-19(22)17-2-3-17/h1,4-6,11-12,15,17,26H,2-3,7-10H2,(H,28,29). The summed E-state index contributed by atoms with van der Waals surface area (Å²) in [6, 6.07) is 15.4. The Bertz CT molecular complexity index is 1040. The van der Waals surface area contributed by atoms with Crippen LogP contribution in [0.15, 0.2) is 41.3 Å². The number of aromatic carboxylic acids is 1. The summed E-state index contributed by atoms with van der Waals surface area (Å²) in [5.41, 5.74) is 3.84. The Morgan fingerprint density at radius 2 is 1.87 bits per heavy atom. The number of nitrogens with one attached hydrogen (secondary N) is 1. The van der Waals surface area contributed by atoms with Crippen molar-refractivity contribution in [3.05, 3.63) is 53.1 Å². The summed E-state index contributed by atoms with van der Waals surface area (Å²) in [7, 11) is 0. The Morgan fingerprint density at radius 1 is 1.10 bits per heavy atom. The van der Waals surface area contributed by atoms with Crippen molar-refractivity contribution in [2.24, 2.45) is 5.92 Å². The van der Waals surface area contributed by atoms with Crippen LogP contribution in [0.25, 0.3) is 0 Å². The molecule has 2 aromatic rings. The number of hydrogen-bond donors (Lipinski definition) is 2. The lowest BCUT2D eigenvalue weighted by Gasteiger charge is -2.32. The fourth-order valence-electron chi connectivity index (χ4n) is 3.81. The largest absolute Gasteiger partial charge is 0.478 e. The maximum atomic E-state index is 11.4. The van der Waals surface area contributed by atoms with Crippen LogP contribution in [-0.2, 0) is 0 Å². The first kappa shape index (κ1) is 20.1. The molecule has 0 atom stereocenters. The molecule has 6 nitrogen and oxygen atoms in total. The molecule has 1 aliphatic carbocycles. The molecule has 7 heteroatoms. The number of rotatable bonds is 6. The summed E-state index contributed by atoms with van der Waals surface area (Å²) < 4.78 is 3.38. The van der Waals surface area contributed by atoms with Gasteiger partial charge in [-0.1, -0.05) is 6.07 Å². The van der Waals surface area contributed by atoms with Crippen molar-refractivity contribution in [2.75, 3.05) is 22.7 Å². The lowest BCUT2D eigenvalue weighted by atomic mass is 9.98. The molecule has 0 unspecified atom stereocenters. The number of carbonyl (C=O) groups is 1. The van der Waals surface area contributed by atoms with Gasteiger partial charge in [-0.25, -0.2) is 4.79 Å². The van der Waals surface area contributed by atoms with Gasteiger partial charge in [-0.3, -0.25) is 0 Å². The first-order chi connectivity index (χ1) is 14.6. The molecule has 0 aromatic heterocycles. The maximum absolute atomic E-state index is 11.4. The van der Waals surface area contributed by atoms with Crippen LogP contribution in [0.4, 0.5) is 11.4 Å². The minimum absolute atomic E-state index is 0.102. The number of anilines is 2. The van der Waals surface area contributed by atoms with E-state index in [-0.39, 0.29) is 11.5 Å². The third-order valence-corrected chi connectivity index (χ3v) is 6.59. The van der Waals surface area contributed by atoms with E-state index in [2.05, 4.69) is 21.8 Å². The fourth-order valence-corrected chi connectivity index (χ4v) is 4.73. The van der Waals surface area contributed by atoms with Gasteiger partial charge in [0, 0.05) is 23.9 Å². The number of carboxylic acids is 1. The van der Waals surface area contributed by atoms with Crippen LogP contribution in [-0.4, -0.2) is 24.2 Å². The van der Waals surface area contributed by atoms with E-state index < -0.39 is 5.97 Å². The predicted molar refractivity (Wildman–Crippen MR) is 117 cm³/mol. The van der Waals surface area contributed by atoms with E-state index in [0.29, 0.717) is 11.5 Å². The number of carboxylic acid groups (broad SMARTS) is 1. The van der Waals surface area contributed by atoms with E-state index >= 15 is 0 Å². The summed E-state index contributed by atoms with van der Waals surface area (Å²) in [6.45, 7) is 1.59. The zero-order valence-electron chi connectivity index (χ0n) is 16.5. The smallest absolute Gasteiger partial charge is 0.335 e. The van der Waals surface area contributed by atoms with Gasteiger partial charge in [-0.15, -0.1) is 0 Å². The van der Waals surface area contributed by atoms with Crippen LogP contribution in [0.1, 0.15) is 53.1 Å². The van der Waals surface area contributed by atoms with Crippen molar-refractivity contribution in [3.63, 3.8) is 0 Å². The van der Waals surface area contributed by atoms with Crippen molar-refractivity contribution in [3.8, 4) is 12.1 Å². The van der Waals surface area contributed by atoms with E-state index in [1.54, 1.807) is 12.1 Å². The monoisotopic (exact) mass is 418 g/mol. The second kappa shape index (κ2) is 8.69. The molecule has 2 aromatic carbocycles. The molecule has 2 N–H and O–H groups in total. The Kier molecular flexibility index (Phi) is 5.83. The highest BCUT2D eigenvalue weighted by Crippen LogP contribution is 2.45. The van der Waals surface area contributed by atoms with Gasteiger partial charge in [0.05, 0.1) is 34.6 Å². The van der Waals surface area contributed by atoms with Crippen molar-refractivity contribution < 1.29 is 9.90 Å². The summed E-state index contributed by atoms with van der Waals surface area (Å²) in [4.78, 5) is 14.6. The van der Waals surface area contributed by atoms with Crippen LogP contribution in [0.3, 0.4) is 0 Å². The topological polar surface area (TPSA) is 100 Å². The van der Waals surface area contributed by atoms with Gasteiger partial charge in [0.2, 0.25) is 0 Å². The molecule has 2 aliphatic rings. The summed E-state index contributed by atoms with van der Waals surface area (Å²) in [6.07, 6.45) is 3.91. The highest BCUT2D eigenvalue weighted by Gasteiger charge is 2.27. The van der Waals surface area contributed by atoms with Crippen LogP contribution in [0.2, 0.25) is 0 Å². The van der Waals surface area contributed by atoms with Crippen LogP contribution < -0.4 is 9.62 Å². The molecule has 30 heavy (non-hydrogen) atoms. The van der Waals surface area contributed by atoms with Gasteiger partial charge in [0.1, 0.15) is 0 Å². The summed E-state index contributed by atoms with van der Waals surface area (Å²) in [5, 5.41) is 27.9. The Labute approximate surface area is 180 Å². The molecule has 1 saturated heterocycles. The quantitative estimate of drug-likeness (QED) is 0.637. The Balaban J connectivity index is 1.59. The molecule has 4 rings (SSSR count). The van der Waals surface area contributed by atoms with E-state index in [9.17, 15) is 15.2 Å². The molecule has 0 bridgehead atoms. The van der Waals surface area contributed by atoms with E-state index in [1.807, 2.05) is 24.3 Å². The molecule has 2 fully saturated rings. The first-order valence-electron chi connectivity index (χ1n) is 10.1. The lowest BCUT2D eigenvalue weighted by molar-refractivity contribution is 0.0696. The number of nitriles is 2. The SMILES string of the molecule is N#Cc1ccc(N2CCC(C#N)CC2)c(NSc2cc(C(=O)O)ccc2C2CC2)c1. The summed E-state index contributed by atoms with van der Waals surface area (Å²) >= 11 is 1.40. The number of piperidine rings is 1. The van der Waals surface area contributed by atoms with Crippen LogP contribution >= 0.6 is 11.9 Å². The second-order valence-corrected chi connectivity index (χ2v) is 8.62. The minimum atomic E-state index is -0.938. The Hall–Kier alpha value is -3.16. The molecule has 0 spiro atoms. The molecular formula is C23H22N4O2S. The van der Waals surface area contributed by atoms with Crippen molar-refractivity contribution >= 4 is 29.3 Å². The Morgan fingerprint density at radius 3 is 2.50 bits per heavy atom. The lowest BCUT2D eigenvalue weighted by Crippen LogP contribution is -2.33. The third-order valence-electron chi connectivity index (χ3n) is 5.69. The molecule has 0 amide bonds. The van der Waals surface area contributed by atoms with Crippen molar-refractivity contribution in [1.29, 1.82) is 10.5 Å². The van der Waals surface area contributed by atoms with Crippen LogP contribution in [0, 0.1) is 28.6 Å². The molecule has 152 valence electrons. The highest BCUT2D eigenvalue weighted by atomic mass is 32.2. The number of nitrogens with zero attached hydrogens (tertiary/aromatic N) is 3. The van der Waals surface area contributed by atoms with E-state index in [4.69, 9.17) is 5.26 Å². The molecule has 0 radical (unpaired) electrons. The number of benzene rings is 2. The zero-order chi connectivity index (χ0) is 21.1. The van der Waals surface area contributed by atoms with Gasteiger partial charge < -0.3 is 14.7 Å². The highest BCUT2D eigenvalue weighted by molar-refractivity contribution is 8.00.